The van der Waals surface area contributed by atoms with Crippen molar-refractivity contribution in [1.29, 1.82) is 0 Å². The molecule has 4 nitrogen and oxygen atoms in total. The molecule has 0 aliphatic carbocycles. The van der Waals surface area contributed by atoms with Crippen LogP contribution in [0.3, 0.4) is 0 Å². The van der Waals surface area contributed by atoms with E-state index in [0.29, 0.717) is 11.1 Å². The van der Waals surface area contributed by atoms with E-state index in [0.717, 1.165) is 0 Å². The summed E-state index contributed by atoms with van der Waals surface area (Å²) in [6.45, 7) is 0. The van der Waals surface area contributed by atoms with E-state index in [-0.39, 0.29) is 32.3 Å². The SMILES string of the molecule is O=C(O)Cc1ccc(CC(=O)O)cc1.[Zn]. The Hall–Kier alpha value is -1.22. The minimum atomic E-state index is -0.893. The van der Waals surface area contributed by atoms with E-state index in [1.54, 1.807) is 24.3 Å². The Balaban J connectivity index is 0.00000196. The van der Waals surface area contributed by atoms with Crippen LogP contribution in [0.15, 0.2) is 24.3 Å². The van der Waals surface area contributed by atoms with Crippen LogP contribution >= 0.6 is 0 Å². The van der Waals surface area contributed by atoms with Crippen LogP contribution in [-0.2, 0) is 41.9 Å². The molecule has 0 aliphatic rings. The maximum atomic E-state index is 10.3. The Morgan fingerprint density at radius 2 is 1.13 bits per heavy atom. The molecule has 0 aliphatic heterocycles. The van der Waals surface area contributed by atoms with Crippen LogP contribution in [0.1, 0.15) is 11.1 Å². The fraction of sp³-hybridized carbons (Fsp3) is 0.200. The quantitative estimate of drug-likeness (QED) is 0.789. The second kappa shape index (κ2) is 6.30. The van der Waals surface area contributed by atoms with Crippen LogP contribution in [0.2, 0.25) is 0 Å². The number of hydrogen-bond donors (Lipinski definition) is 2. The van der Waals surface area contributed by atoms with E-state index >= 15 is 0 Å². The molecule has 15 heavy (non-hydrogen) atoms. The van der Waals surface area contributed by atoms with Gasteiger partial charge >= 0.3 is 11.9 Å². The number of carboxylic acids is 2. The molecule has 76 valence electrons. The smallest absolute Gasteiger partial charge is 0.307 e. The van der Waals surface area contributed by atoms with Crippen LogP contribution in [0.25, 0.3) is 0 Å². The first kappa shape index (κ1) is 13.8. The van der Waals surface area contributed by atoms with Crippen molar-refractivity contribution < 1.29 is 39.3 Å². The van der Waals surface area contributed by atoms with Gasteiger partial charge in [-0.05, 0) is 11.1 Å². The molecule has 0 amide bonds. The third-order valence-electron chi connectivity index (χ3n) is 1.73. The number of hydrogen-bond acceptors (Lipinski definition) is 2. The molecule has 0 atom stereocenters. The van der Waals surface area contributed by atoms with Gasteiger partial charge in [-0.15, -0.1) is 0 Å². The van der Waals surface area contributed by atoms with E-state index in [1.165, 1.54) is 0 Å². The molecule has 1 rings (SSSR count). The topological polar surface area (TPSA) is 74.6 Å². The van der Waals surface area contributed by atoms with E-state index < -0.39 is 11.9 Å². The van der Waals surface area contributed by atoms with Gasteiger partial charge in [-0.25, -0.2) is 0 Å². The van der Waals surface area contributed by atoms with Crippen LogP contribution in [0.5, 0.6) is 0 Å². The summed E-state index contributed by atoms with van der Waals surface area (Å²) >= 11 is 0. The van der Waals surface area contributed by atoms with Crippen molar-refractivity contribution in [1.82, 2.24) is 0 Å². The first-order valence-electron chi connectivity index (χ1n) is 4.09. The predicted molar refractivity (Wildman–Crippen MR) is 49.1 cm³/mol. The van der Waals surface area contributed by atoms with Gasteiger partial charge in [0, 0.05) is 19.5 Å². The van der Waals surface area contributed by atoms with Crippen molar-refractivity contribution in [2.24, 2.45) is 0 Å². The molecular formula is C10H10O4Zn. The van der Waals surface area contributed by atoms with E-state index in [1.807, 2.05) is 0 Å². The minimum Gasteiger partial charge on any atom is -0.481 e. The number of benzene rings is 1. The largest absolute Gasteiger partial charge is 0.481 e. The number of carbonyl (C=O) groups is 2. The van der Waals surface area contributed by atoms with Crippen molar-refractivity contribution in [3.8, 4) is 0 Å². The van der Waals surface area contributed by atoms with E-state index in [9.17, 15) is 9.59 Å². The van der Waals surface area contributed by atoms with Gasteiger partial charge in [0.25, 0.3) is 0 Å². The second-order valence-electron chi connectivity index (χ2n) is 2.96. The number of carboxylic acid groups (broad SMARTS) is 2. The number of rotatable bonds is 4. The monoisotopic (exact) mass is 258 g/mol. The van der Waals surface area contributed by atoms with Crippen LogP contribution in [-0.4, -0.2) is 22.2 Å². The average Bonchev–Trinajstić information content (AvgIpc) is 2.06. The molecule has 0 spiro atoms. The fourth-order valence-corrected chi connectivity index (χ4v) is 1.12. The van der Waals surface area contributed by atoms with Gasteiger partial charge in [-0.1, -0.05) is 24.3 Å². The van der Waals surface area contributed by atoms with Gasteiger partial charge in [0.05, 0.1) is 12.8 Å². The molecule has 0 fully saturated rings. The van der Waals surface area contributed by atoms with Gasteiger partial charge in [0.15, 0.2) is 0 Å². The molecule has 5 heteroatoms. The van der Waals surface area contributed by atoms with Gasteiger partial charge in [-0.2, -0.15) is 0 Å². The van der Waals surface area contributed by atoms with E-state index in [2.05, 4.69) is 0 Å². The van der Waals surface area contributed by atoms with Crippen molar-refractivity contribution in [3.05, 3.63) is 35.4 Å². The third-order valence-corrected chi connectivity index (χ3v) is 1.73. The maximum Gasteiger partial charge on any atom is 0.307 e. The molecule has 0 aromatic heterocycles. The summed E-state index contributed by atoms with van der Waals surface area (Å²) in [5, 5.41) is 17.0. The summed E-state index contributed by atoms with van der Waals surface area (Å²) in [7, 11) is 0. The van der Waals surface area contributed by atoms with Crippen LogP contribution in [0.4, 0.5) is 0 Å². The molecule has 0 heterocycles. The average molecular weight is 260 g/mol. The van der Waals surface area contributed by atoms with Crippen LogP contribution < -0.4 is 0 Å². The Morgan fingerprint density at radius 3 is 1.33 bits per heavy atom. The van der Waals surface area contributed by atoms with Crippen molar-refractivity contribution in [2.45, 2.75) is 12.8 Å². The first-order chi connectivity index (χ1) is 6.58. The number of aliphatic carboxylic acids is 2. The molecule has 1 aromatic carbocycles. The van der Waals surface area contributed by atoms with Crippen molar-refractivity contribution >= 4 is 11.9 Å². The molecule has 0 saturated carbocycles. The van der Waals surface area contributed by atoms with Gasteiger partial charge < -0.3 is 10.2 Å². The predicted octanol–water partition coefficient (Wildman–Crippen LogP) is 0.938. The Labute approximate surface area is 99.7 Å². The molecule has 0 bridgehead atoms. The molecule has 0 radical (unpaired) electrons. The Morgan fingerprint density at radius 1 is 0.867 bits per heavy atom. The normalized spacial score (nSPS) is 9.07. The van der Waals surface area contributed by atoms with E-state index in [4.69, 9.17) is 10.2 Å². The molecule has 0 unspecified atom stereocenters. The summed E-state index contributed by atoms with van der Waals surface area (Å²) in [5.74, 6) is -1.79. The van der Waals surface area contributed by atoms with Gasteiger partial charge in [-0.3, -0.25) is 9.59 Å². The zero-order valence-electron chi connectivity index (χ0n) is 8.14. The van der Waals surface area contributed by atoms with Crippen LogP contribution in [0, 0.1) is 0 Å². The molecule has 0 saturated heterocycles. The summed E-state index contributed by atoms with van der Waals surface area (Å²) in [5.41, 5.74) is 1.35. The standard InChI is InChI=1S/C10H10O4.Zn/c11-9(12)5-7-1-2-8(4-3-7)6-10(13)14;/h1-4H,5-6H2,(H,11,12)(H,13,14);. The molecule has 1 aromatic rings. The van der Waals surface area contributed by atoms with Gasteiger partial charge in [0.2, 0.25) is 0 Å². The van der Waals surface area contributed by atoms with Gasteiger partial charge in [0.1, 0.15) is 0 Å². The first-order valence-corrected chi connectivity index (χ1v) is 4.09. The summed E-state index contributed by atoms with van der Waals surface area (Å²) in [4.78, 5) is 20.7. The zero-order chi connectivity index (χ0) is 10.6. The second-order valence-corrected chi connectivity index (χ2v) is 2.96. The molecule has 2 N–H and O–H groups in total. The minimum absolute atomic E-state index is 0. The third kappa shape index (κ3) is 5.28. The summed E-state index contributed by atoms with van der Waals surface area (Å²) in [6, 6.07) is 6.53. The van der Waals surface area contributed by atoms with Crippen molar-refractivity contribution in [2.75, 3.05) is 0 Å². The summed E-state index contributed by atoms with van der Waals surface area (Å²) < 4.78 is 0. The Kier molecular flexibility index (Phi) is 5.79. The summed E-state index contributed by atoms with van der Waals surface area (Å²) in [6.07, 6.45) is -0.0687. The van der Waals surface area contributed by atoms with Crippen molar-refractivity contribution in [3.63, 3.8) is 0 Å². The Bertz CT molecular complexity index is 310. The maximum absolute atomic E-state index is 10.3. The molecular weight excluding hydrogens is 249 g/mol. The zero-order valence-corrected chi connectivity index (χ0v) is 11.1. The fourth-order valence-electron chi connectivity index (χ4n) is 1.12.